The molecule has 118 valence electrons. The smallest absolute Gasteiger partial charge is 0.139 e. The first kappa shape index (κ1) is 18.0. The molecule has 0 aliphatic rings. The van der Waals surface area contributed by atoms with Crippen LogP contribution in [-0.2, 0) is 30.5 Å². The number of rotatable bonds is 7. The van der Waals surface area contributed by atoms with Crippen LogP contribution in [0.3, 0.4) is 0 Å². The lowest BCUT2D eigenvalue weighted by atomic mass is 10.1. The molecule has 0 aliphatic carbocycles. The molecule has 0 spiro atoms. The van der Waals surface area contributed by atoms with E-state index in [9.17, 15) is 28.8 Å². The molecule has 0 saturated heterocycles. The van der Waals surface area contributed by atoms with Crippen molar-refractivity contribution < 1.29 is 37.9 Å². The fourth-order valence-corrected chi connectivity index (χ4v) is 3.16. The third-order valence-corrected chi connectivity index (χ3v) is 5.21. The van der Waals surface area contributed by atoms with Crippen LogP contribution in [0.2, 0.25) is 0 Å². The van der Waals surface area contributed by atoms with Crippen LogP contribution in [0.25, 0.3) is 0 Å². The Morgan fingerprint density at radius 3 is 1.67 bits per heavy atom. The van der Waals surface area contributed by atoms with Crippen molar-refractivity contribution in [2.45, 2.75) is 12.3 Å². The van der Waals surface area contributed by atoms with E-state index in [1.54, 1.807) is 0 Å². The fraction of sp³-hybridized carbons (Fsp3) is 0.364. The lowest BCUT2D eigenvalue weighted by Gasteiger charge is -2.23. The summed E-state index contributed by atoms with van der Waals surface area (Å²) in [5.74, 6) is -1.55. The van der Waals surface area contributed by atoms with Crippen LogP contribution in [0.15, 0.2) is 18.2 Å². The maximum absolute atomic E-state index is 11.4. The Balaban J connectivity index is 3.21. The van der Waals surface area contributed by atoms with E-state index in [-0.39, 0.29) is 16.7 Å². The molecule has 0 aromatic heterocycles. The number of hydrogen-bond donors (Lipinski definition) is 0. The van der Waals surface area contributed by atoms with Gasteiger partial charge in [-0.05, 0) is 28.8 Å². The molecule has 0 bridgehead atoms. The highest BCUT2D eigenvalue weighted by Gasteiger charge is 2.13. The number of hydrogen-bond acceptors (Lipinski definition) is 8. The molecule has 8 nitrogen and oxygen atoms in total. The molecule has 0 amide bonds. The van der Waals surface area contributed by atoms with Gasteiger partial charge < -0.3 is 37.9 Å². The summed E-state index contributed by atoms with van der Waals surface area (Å²) in [6, 6.07) is 3.44. The Bertz CT molecular complexity index is 582. The summed E-state index contributed by atoms with van der Waals surface area (Å²) in [4.78, 5) is 33.7. The average Bonchev–Trinajstić information content (AvgIpc) is 2.37. The largest absolute Gasteiger partial charge is 0.778 e. The van der Waals surface area contributed by atoms with Crippen LogP contribution in [0.5, 0.6) is 0 Å². The van der Waals surface area contributed by atoms with E-state index in [1.807, 2.05) is 0 Å². The topological polar surface area (TPSA) is 139 Å². The number of benzene rings is 1. The minimum atomic E-state index is -4.17. The van der Waals surface area contributed by atoms with Gasteiger partial charge in [0.2, 0.25) is 0 Å². The Labute approximate surface area is 121 Å². The molecule has 1 aromatic carbocycles. The van der Waals surface area contributed by atoms with Crippen LogP contribution < -0.4 is 14.9 Å². The molecular formula is C11H13O8P2-3. The quantitative estimate of drug-likeness (QED) is 0.605. The minimum Gasteiger partial charge on any atom is -0.778 e. The van der Waals surface area contributed by atoms with Gasteiger partial charge in [-0.15, -0.1) is 0 Å². The molecule has 1 aromatic rings. The minimum absolute atomic E-state index is 0.0861. The van der Waals surface area contributed by atoms with E-state index < -0.39 is 33.5 Å². The third kappa shape index (κ3) is 5.71. The number of carbonyl (C=O) groups is 1. The Kier molecular flexibility index (Phi) is 5.87. The lowest BCUT2D eigenvalue weighted by molar-refractivity contribution is -0.255. The molecule has 0 heterocycles. The van der Waals surface area contributed by atoms with Crippen molar-refractivity contribution >= 4 is 21.2 Å². The van der Waals surface area contributed by atoms with Gasteiger partial charge in [-0.1, -0.05) is 6.07 Å². The Morgan fingerprint density at radius 1 is 1.00 bits per heavy atom. The summed E-state index contributed by atoms with van der Waals surface area (Å²) in [5.41, 5.74) is -0.152. The number of carbonyl (C=O) groups excluding carboxylic acids is 1. The zero-order valence-electron chi connectivity index (χ0n) is 11.3. The van der Waals surface area contributed by atoms with Gasteiger partial charge in [-0.2, -0.15) is 0 Å². The highest BCUT2D eigenvalue weighted by Crippen LogP contribution is 2.42. The zero-order valence-corrected chi connectivity index (χ0v) is 13.1. The molecule has 21 heavy (non-hydrogen) atoms. The van der Waals surface area contributed by atoms with Gasteiger partial charge in [0.05, 0.1) is 5.97 Å². The second-order valence-corrected chi connectivity index (χ2v) is 8.04. The summed E-state index contributed by atoms with van der Waals surface area (Å²) >= 11 is 0. The second-order valence-electron chi connectivity index (χ2n) is 4.23. The van der Waals surface area contributed by atoms with Gasteiger partial charge in [0, 0.05) is 26.5 Å². The van der Waals surface area contributed by atoms with Gasteiger partial charge in [-0.3, -0.25) is 0 Å². The van der Waals surface area contributed by atoms with E-state index in [2.05, 4.69) is 9.05 Å². The Hall–Kier alpha value is -1.01. The standard InChI is InChI=1S/C11H16O8P2/c1-18-20(14,15)6-8-3-9(7-21(16,17)19-2)5-10(4-8)11(12)13/h3-5H,6-7H2,1-2H3,(H,12,13)(H,14,15)(H,16,17)/p-3. The molecule has 0 aliphatic heterocycles. The third-order valence-electron chi connectivity index (χ3n) is 2.60. The molecule has 0 saturated carbocycles. The fourth-order valence-electron chi connectivity index (χ4n) is 1.64. The summed E-state index contributed by atoms with van der Waals surface area (Å²) < 4.78 is 31.4. The lowest BCUT2D eigenvalue weighted by Crippen LogP contribution is -2.22. The van der Waals surface area contributed by atoms with Gasteiger partial charge in [0.1, 0.15) is 15.2 Å². The van der Waals surface area contributed by atoms with Crippen LogP contribution in [-0.4, -0.2) is 20.2 Å². The van der Waals surface area contributed by atoms with Crippen molar-refractivity contribution in [1.82, 2.24) is 0 Å². The van der Waals surface area contributed by atoms with Gasteiger partial charge in [-0.25, -0.2) is 0 Å². The van der Waals surface area contributed by atoms with Crippen molar-refractivity contribution in [1.29, 1.82) is 0 Å². The summed E-state index contributed by atoms with van der Waals surface area (Å²) in [6.45, 7) is 0. The Morgan fingerprint density at radius 2 is 1.38 bits per heavy atom. The van der Waals surface area contributed by atoms with Crippen molar-refractivity contribution in [3.8, 4) is 0 Å². The van der Waals surface area contributed by atoms with Crippen molar-refractivity contribution in [2.75, 3.05) is 14.2 Å². The summed E-state index contributed by atoms with van der Waals surface area (Å²) in [5, 5.41) is 10.9. The SMILES string of the molecule is COP(=O)([O-])Cc1cc(CP(=O)([O-])OC)cc(C(=O)[O-])c1. The van der Waals surface area contributed by atoms with Crippen molar-refractivity contribution in [3.63, 3.8) is 0 Å². The van der Waals surface area contributed by atoms with E-state index >= 15 is 0 Å². The molecule has 10 heteroatoms. The second kappa shape index (κ2) is 6.83. The van der Waals surface area contributed by atoms with Crippen LogP contribution in [0.1, 0.15) is 21.5 Å². The van der Waals surface area contributed by atoms with Crippen LogP contribution in [0, 0.1) is 0 Å². The molecule has 0 N–H and O–H groups in total. The monoisotopic (exact) mass is 335 g/mol. The van der Waals surface area contributed by atoms with Crippen molar-refractivity contribution in [3.05, 3.63) is 34.9 Å². The van der Waals surface area contributed by atoms with E-state index in [4.69, 9.17) is 0 Å². The number of carboxylic acid groups (broad SMARTS) is 1. The van der Waals surface area contributed by atoms with E-state index in [0.717, 1.165) is 26.4 Å². The van der Waals surface area contributed by atoms with Gasteiger partial charge in [0.25, 0.3) is 0 Å². The van der Waals surface area contributed by atoms with Gasteiger partial charge >= 0.3 is 0 Å². The predicted molar refractivity (Wildman–Crippen MR) is 67.4 cm³/mol. The first-order valence-corrected chi connectivity index (χ1v) is 9.10. The van der Waals surface area contributed by atoms with Crippen LogP contribution in [0.4, 0.5) is 0 Å². The molecule has 0 fully saturated rings. The number of carboxylic acids is 1. The normalized spacial score (nSPS) is 17.0. The molecule has 1 rings (SSSR count). The van der Waals surface area contributed by atoms with Crippen LogP contribution >= 0.6 is 15.2 Å². The summed E-state index contributed by atoms with van der Waals surface area (Å²) in [7, 11) is -6.37. The van der Waals surface area contributed by atoms with Crippen molar-refractivity contribution in [2.24, 2.45) is 0 Å². The molecule has 0 radical (unpaired) electrons. The average molecular weight is 335 g/mol. The maximum atomic E-state index is 11.4. The maximum Gasteiger partial charge on any atom is 0.139 e. The van der Waals surface area contributed by atoms with Gasteiger partial charge in [0.15, 0.2) is 0 Å². The number of aromatic carboxylic acids is 1. The molecule has 2 atom stereocenters. The predicted octanol–water partition coefficient (Wildman–Crippen LogP) is -0.550. The molecule has 2 unspecified atom stereocenters. The first-order chi connectivity index (χ1) is 9.58. The zero-order chi connectivity index (χ0) is 16.3. The highest BCUT2D eigenvalue weighted by molar-refractivity contribution is 7.50. The highest BCUT2D eigenvalue weighted by atomic mass is 31.2. The van der Waals surface area contributed by atoms with E-state index in [1.165, 1.54) is 6.07 Å². The summed E-state index contributed by atoms with van der Waals surface area (Å²) in [6.07, 6.45) is -1.12. The van der Waals surface area contributed by atoms with E-state index in [0.29, 0.717) is 0 Å². The molecular weight excluding hydrogens is 322 g/mol. The first-order valence-electron chi connectivity index (χ1n) is 5.64.